The number of alkyl halides is 3. The van der Waals surface area contributed by atoms with Crippen LogP contribution in [0.3, 0.4) is 0 Å². The van der Waals surface area contributed by atoms with Crippen molar-refractivity contribution in [3.63, 3.8) is 0 Å². The lowest BCUT2D eigenvalue weighted by Crippen LogP contribution is -2.22. The Kier molecular flexibility index (Phi) is 5.21. The highest BCUT2D eigenvalue weighted by atomic mass is 32.2. The average Bonchev–Trinajstić information content (AvgIpc) is 3.27. The molecule has 0 saturated heterocycles. The van der Waals surface area contributed by atoms with E-state index >= 15 is 0 Å². The molecule has 0 unspecified atom stereocenters. The number of carbonyl (C=O) groups excluding carboxylic acids is 1. The molecule has 0 fully saturated rings. The Hall–Kier alpha value is -3.33. The van der Waals surface area contributed by atoms with Crippen LogP contribution in [-0.2, 0) is 6.18 Å². The molecule has 0 saturated carbocycles. The fraction of sp³-hybridized carbons (Fsp3) is 0.0952. The molecule has 2 heterocycles. The maximum absolute atomic E-state index is 13.2. The molecule has 0 aliphatic heterocycles. The van der Waals surface area contributed by atoms with Crippen molar-refractivity contribution in [3.8, 4) is 5.69 Å². The molecule has 0 bridgehead atoms. The summed E-state index contributed by atoms with van der Waals surface area (Å²) in [5.74, 6) is -0.257. The highest BCUT2D eigenvalue weighted by Crippen LogP contribution is 2.31. The van der Waals surface area contributed by atoms with Gasteiger partial charge in [-0.15, -0.1) is 0 Å². The maximum atomic E-state index is 13.2. The van der Waals surface area contributed by atoms with E-state index in [1.807, 2.05) is 0 Å². The number of Topliss-reactive ketones (excluding diaryl/α,β-unsaturated/α-hetero) is 1. The Bertz CT molecular complexity index is 1280. The lowest BCUT2D eigenvalue weighted by atomic mass is 10.2. The second kappa shape index (κ2) is 7.83. The van der Waals surface area contributed by atoms with Crippen molar-refractivity contribution in [2.24, 2.45) is 0 Å². The summed E-state index contributed by atoms with van der Waals surface area (Å²) in [6, 6.07) is 14.4. The van der Waals surface area contributed by atoms with Gasteiger partial charge in [0.1, 0.15) is 0 Å². The van der Waals surface area contributed by atoms with E-state index in [9.17, 15) is 22.8 Å². The van der Waals surface area contributed by atoms with E-state index in [1.54, 1.807) is 42.6 Å². The highest BCUT2D eigenvalue weighted by molar-refractivity contribution is 7.99. The second-order valence-corrected chi connectivity index (χ2v) is 7.34. The van der Waals surface area contributed by atoms with Gasteiger partial charge in [-0.3, -0.25) is 14.2 Å². The second-order valence-electron chi connectivity index (χ2n) is 6.40. The molecule has 4 aromatic rings. The highest BCUT2D eigenvalue weighted by Gasteiger charge is 2.31. The number of thioether (sulfide) groups is 1. The van der Waals surface area contributed by atoms with Gasteiger partial charge in [0.2, 0.25) is 0 Å². The summed E-state index contributed by atoms with van der Waals surface area (Å²) in [5, 5.41) is 0.410. The lowest BCUT2D eigenvalue weighted by molar-refractivity contribution is -0.137. The molecule has 4 rings (SSSR count). The summed E-state index contributed by atoms with van der Waals surface area (Å²) >= 11 is 0.992. The number of fused-ring (bicyclic) bond motifs is 1. The van der Waals surface area contributed by atoms with Crippen molar-refractivity contribution in [2.75, 3.05) is 5.75 Å². The third-order valence-corrected chi connectivity index (χ3v) is 5.35. The van der Waals surface area contributed by atoms with Crippen LogP contribution in [0.4, 0.5) is 13.2 Å². The van der Waals surface area contributed by atoms with E-state index in [0.29, 0.717) is 11.2 Å². The molecule has 0 amide bonds. The average molecular weight is 429 g/mol. The first-order valence-corrected chi connectivity index (χ1v) is 9.82. The monoisotopic (exact) mass is 429 g/mol. The molecule has 2 aromatic carbocycles. The molecule has 152 valence electrons. The number of nitrogens with zero attached hydrogens (tertiary/aromatic N) is 2. The molecular formula is C21H14F3N3O2S. The molecule has 0 radical (unpaired) electrons. The number of nitrogens with one attached hydrogen (secondary N) is 1. The summed E-state index contributed by atoms with van der Waals surface area (Å²) < 4.78 is 40.7. The van der Waals surface area contributed by atoms with Crippen molar-refractivity contribution in [2.45, 2.75) is 11.3 Å². The third kappa shape index (κ3) is 3.88. The fourth-order valence-electron chi connectivity index (χ4n) is 2.97. The number of carbonyl (C=O) groups is 1. The van der Waals surface area contributed by atoms with Crippen LogP contribution in [0.15, 0.2) is 76.8 Å². The zero-order valence-electron chi connectivity index (χ0n) is 15.3. The summed E-state index contributed by atoms with van der Waals surface area (Å²) in [4.78, 5) is 32.7. The number of aromatic amines is 1. The van der Waals surface area contributed by atoms with Crippen molar-refractivity contribution >= 4 is 28.4 Å². The Morgan fingerprint density at radius 1 is 1.07 bits per heavy atom. The molecule has 0 spiro atoms. The first-order chi connectivity index (χ1) is 14.3. The number of aromatic nitrogens is 3. The van der Waals surface area contributed by atoms with Crippen LogP contribution in [-0.4, -0.2) is 26.1 Å². The van der Waals surface area contributed by atoms with Crippen LogP contribution in [0.1, 0.15) is 16.1 Å². The van der Waals surface area contributed by atoms with Gasteiger partial charge in [-0.1, -0.05) is 30.0 Å². The minimum Gasteiger partial charge on any atom is -0.359 e. The van der Waals surface area contributed by atoms with E-state index in [2.05, 4.69) is 9.97 Å². The van der Waals surface area contributed by atoms with Crippen LogP contribution >= 0.6 is 11.8 Å². The predicted molar refractivity (Wildman–Crippen MR) is 108 cm³/mol. The molecule has 2 aromatic heterocycles. The first kappa shape index (κ1) is 20.0. The van der Waals surface area contributed by atoms with Gasteiger partial charge in [0.15, 0.2) is 10.9 Å². The van der Waals surface area contributed by atoms with Gasteiger partial charge < -0.3 is 4.98 Å². The van der Waals surface area contributed by atoms with Gasteiger partial charge >= 0.3 is 6.18 Å². The van der Waals surface area contributed by atoms with Gasteiger partial charge in [-0.05, 0) is 42.5 Å². The smallest absolute Gasteiger partial charge is 0.359 e. The van der Waals surface area contributed by atoms with Crippen LogP contribution in [0.5, 0.6) is 0 Å². The summed E-state index contributed by atoms with van der Waals surface area (Å²) in [6.45, 7) is 0. The number of halogens is 3. The molecule has 0 aliphatic carbocycles. The fourth-order valence-corrected chi connectivity index (χ4v) is 3.87. The van der Waals surface area contributed by atoms with Gasteiger partial charge in [-0.25, -0.2) is 4.98 Å². The number of benzene rings is 2. The van der Waals surface area contributed by atoms with Crippen molar-refractivity contribution in [1.29, 1.82) is 0 Å². The number of hydrogen-bond acceptors (Lipinski definition) is 4. The summed E-state index contributed by atoms with van der Waals surface area (Å²) in [5.41, 5.74) is -0.548. The standard InChI is InChI=1S/C21H14F3N3O2S/c22-21(23,24)13-5-3-6-14(11-13)27-19(29)15-7-1-2-8-16(15)26-20(27)30-12-18(28)17-9-4-10-25-17/h1-11,25H,12H2. The maximum Gasteiger partial charge on any atom is 0.416 e. The number of ketones is 1. The number of H-pyrrole nitrogens is 1. The Morgan fingerprint density at radius 2 is 1.87 bits per heavy atom. The van der Waals surface area contributed by atoms with Gasteiger partial charge in [-0.2, -0.15) is 13.2 Å². The van der Waals surface area contributed by atoms with Gasteiger partial charge in [0.05, 0.1) is 33.6 Å². The molecular weight excluding hydrogens is 415 g/mol. The zero-order chi connectivity index (χ0) is 21.3. The van der Waals surface area contributed by atoms with E-state index in [-0.39, 0.29) is 27.8 Å². The predicted octanol–water partition coefficient (Wildman–Crippen LogP) is 4.71. The number of rotatable bonds is 5. The SMILES string of the molecule is O=C(CSc1nc2ccccc2c(=O)n1-c1cccc(C(F)(F)F)c1)c1ccc[nH]1. The molecule has 5 nitrogen and oxygen atoms in total. The van der Waals surface area contributed by atoms with Crippen molar-refractivity contribution in [1.82, 2.24) is 14.5 Å². The van der Waals surface area contributed by atoms with Crippen molar-refractivity contribution < 1.29 is 18.0 Å². The van der Waals surface area contributed by atoms with Crippen LogP contribution < -0.4 is 5.56 Å². The summed E-state index contributed by atoms with van der Waals surface area (Å²) in [6.07, 6.45) is -2.94. The topological polar surface area (TPSA) is 67.8 Å². The molecule has 0 atom stereocenters. The Balaban J connectivity index is 1.83. The molecule has 30 heavy (non-hydrogen) atoms. The molecule has 1 N–H and O–H groups in total. The van der Waals surface area contributed by atoms with Crippen LogP contribution in [0.25, 0.3) is 16.6 Å². The number of para-hydroxylation sites is 1. The Morgan fingerprint density at radius 3 is 2.60 bits per heavy atom. The van der Waals surface area contributed by atoms with E-state index in [1.165, 1.54) is 12.1 Å². The Labute approximate surface area is 172 Å². The summed E-state index contributed by atoms with van der Waals surface area (Å²) in [7, 11) is 0. The zero-order valence-corrected chi connectivity index (χ0v) is 16.1. The van der Waals surface area contributed by atoms with Crippen LogP contribution in [0.2, 0.25) is 0 Å². The third-order valence-electron chi connectivity index (χ3n) is 4.41. The lowest BCUT2D eigenvalue weighted by Gasteiger charge is -2.14. The minimum atomic E-state index is -4.55. The van der Waals surface area contributed by atoms with Crippen molar-refractivity contribution in [3.05, 3.63) is 88.5 Å². The molecule has 0 aliphatic rings. The largest absolute Gasteiger partial charge is 0.416 e. The first-order valence-electron chi connectivity index (χ1n) is 8.83. The number of hydrogen-bond donors (Lipinski definition) is 1. The quantitative estimate of drug-likeness (QED) is 0.284. The normalized spacial score (nSPS) is 11.7. The van der Waals surface area contributed by atoms with E-state index in [4.69, 9.17) is 0 Å². The van der Waals surface area contributed by atoms with E-state index in [0.717, 1.165) is 28.5 Å². The minimum absolute atomic E-state index is 0.0305. The molecule has 9 heteroatoms. The van der Waals surface area contributed by atoms with Gasteiger partial charge in [0, 0.05) is 6.20 Å². The van der Waals surface area contributed by atoms with E-state index < -0.39 is 17.3 Å². The van der Waals surface area contributed by atoms with Gasteiger partial charge in [0.25, 0.3) is 5.56 Å². The van der Waals surface area contributed by atoms with Crippen LogP contribution in [0, 0.1) is 0 Å².